The van der Waals surface area contributed by atoms with Crippen LogP contribution in [0.2, 0.25) is 10.0 Å². The van der Waals surface area contributed by atoms with E-state index in [9.17, 15) is 14.7 Å². The van der Waals surface area contributed by atoms with Crippen molar-refractivity contribution in [3.8, 4) is 0 Å². The zero-order chi connectivity index (χ0) is 21.5. The lowest BCUT2D eigenvalue weighted by molar-refractivity contribution is -0.195. The summed E-state index contributed by atoms with van der Waals surface area (Å²) in [7, 11) is 0. The smallest absolute Gasteiger partial charge is 0.306 e. The van der Waals surface area contributed by atoms with Crippen LogP contribution in [-0.4, -0.2) is 34.5 Å². The maximum atomic E-state index is 13.4. The molecule has 0 spiro atoms. The number of ether oxygens (including phenoxy) is 1. The van der Waals surface area contributed by atoms with Crippen LogP contribution in [0.3, 0.4) is 0 Å². The number of aliphatic carboxylic acids is 1. The van der Waals surface area contributed by atoms with Gasteiger partial charge in [0.05, 0.1) is 12.0 Å². The molecule has 0 aromatic heterocycles. The lowest BCUT2D eigenvalue weighted by Crippen LogP contribution is -2.61. The summed E-state index contributed by atoms with van der Waals surface area (Å²) in [5.41, 5.74) is 0.826. The Morgan fingerprint density at radius 1 is 1.17 bits per heavy atom. The number of carboxylic acid groups (broad SMARTS) is 1. The average Bonchev–Trinajstić information content (AvgIpc) is 3.52. The number of hydrogen-bond acceptors (Lipinski definition) is 3. The van der Waals surface area contributed by atoms with Crippen LogP contribution in [0.5, 0.6) is 0 Å². The number of carbonyl (C=O) groups is 2. The minimum atomic E-state index is -1.07. The van der Waals surface area contributed by atoms with Gasteiger partial charge in [-0.2, -0.15) is 0 Å². The van der Waals surface area contributed by atoms with E-state index in [1.807, 2.05) is 42.2 Å². The predicted octanol–water partition coefficient (Wildman–Crippen LogP) is 5.06. The van der Waals surface area contributed by atoms with Crippen molar-refractivity contribution in [2.24, 2.45) is 5.92 Å². The number of nitrogens with zero attached hydrogens (tertiary/aromatic N) is 1. The summed E-state index contributed by atoms with van der Waals surface area (Å²) in [5, 5.41) is 10.5. The van der Waals surface area contributed by atoms with E-state index in [1.165, 1.54) is 0 Å². The monoisotopic (exact) mass is 447 g/mol. The van der Waals surface area contributed by atoms with Crippen LogP contribution in [-0.2, 0) is 19.9 Å². The molecule has 3 atom stereocenters. The van der Waals surface area contributed by atoms with Crippen molar-refractivity contribution < 1.29 is 19.4 Å². The molecule has 0 bridgehead atoms. The summed E-state index contributed by atoms with van der Waals surface area (Å²) >= 11 is 12.4. The van der Waals surface area contributed by atoms with Crippen LogP contribution < -0.4 is 0 Å². The Kier molecular flexibility index (Phi) is 5.80. The molecule has 4 rings (SSSR count). The molecular formula is C23H23Cl2NO4. The highest BCUT2D eigenvalue weighted by molar-refractivity contribution is 6.30. The molecule has 1 aliphatic carbocycles. The van der Waals surface area contributed by atoms with E-state index in [-0.39, 0.29) is 12.3 Å². The second kappa shape index (κ2) is 8.22. The lowest BCUT2D eigenvalue weighted by Gasteiger charge is -2.52. The minimum Gasteiger partial charge on any atom is -0.481 e. The van der Waals surface area contributed by atoms with E-state index in [2.05, 4.69) is 0 Å². The predicted molar refractivity (Wildman–Crippen MR) is 115 cm³/mol. The summed E-state index contributed by atoms with van der Waals surface area (Å²) in [5.74, 6) is -0.941. The van der Waals surface area contributed by atoms with E-state index < -0.39 is 23.7 Å². The molecule has 1 saturated heterocycles. The Labute approximate surface area is 185 Å². The quantitative estimate of drug-likeness (QED) is 0.671. The third-order valence-electron chi connectivity index (χ3n) is 5.99. The maximum Gasteiger partial charge on any atom is 0.306 e. The zero-order valence-electron chi connectivity index (χ0n) is 16.6. The number of carboxylic acids is 1. The second-order valence-electron chi connectivity index (χ2n) is 8.20. The summed E-state index contributed by atoms with van der Waals surface area (Å²) in [6, 6.07) is 14.7. The first-order chi connectivity index (χ1) is 14.3. The van der Waals surface area contributed by atoms with Gasteiger partial charge in [-0.3, -0.25) is 9.59 Å². The Balaban J connectivity index is 1.86. The Hall–Kier alpha value is -2.08. The van der Waals surface area contributed by atoms with Crippen LogP contribution in [0.1, 0.15) is 43.4 Å². The SMILES string of the molecule is C[C@@]1(c2ccc(Cl)cc2)[C@@H](c2cccc(Cl)c2)O[C@@H](CC(=O)O)C(=O)N1CC1CC1. The first-order valence-electron chi connectivity index (χ1n) is 9.99. The van der Waals surface area contributed by atoms with Crippen molar-refractivity contribution in [3.63, 3.8) is 0 Å². The molecule has 30 heavy (non-hydrogen) atoms. The molecule has 2 aromatic rings. The fourth-order valence-electron chi connectivity index (χ4n) is 4.20. The molecule has 1 aliphatic heterocycles. The van der Waals surface area contributed by atoms with Crippen molar-refractivity contribution in [1.29, 1.82) is 0 Å². The van der Waals surface area contributed by atoms with Gasteiger partial charge in [0.1, 0.15) is 12.2 Å². The van der Waals surface area contributed by atoms with Crippen LogP contribution in [0.15, 0.2) is 48.5 Å². The van der Waals surface area contributed by atoms with Gasteiger partial charge in [-0.05, 0) is 61.1 Å². The Bertz CT molecular complexity index is 960. The highest BCUT2D eigenvalue weighted by Gasteiger charge is 2.53. The minimum absolute atomic E-state index is 0.292. The number of hydrogen-bond donors (Lipinski definition) is 1. The molecule has 1 amide bonds. The van der Waals surface area contributed by atoms with Gasteiger partial charge in [-0.25, -0.2) is 0 Å². The van der Waals surface area contributed by atoms with Gasteiger partial charge in [0.25, 0.3) is 5.91 Å². The molecule has 7 heteroatoms. The van der Waals surface area contributed by atoms with Crippen LogP contribution in [0, 0.1) is 5.92 Å². The van der Waals surface area contributed by atoms with Gasteiger partial charge >= 0.3 is 5.97 Å². The average molecular weight is 448 g/mol. The number of morpholine rings is 1. The van der Waals surface area contributed by atoms with Gasteiger partial charge < -0.3 is 14.7 Å². The van der Waals surface area contributed by atoms with E-state index >= 15 is 0 Å². The lowest BCUT2D eigenvalue weighted by atomic mass is 9.78. The molecule has 2 fully saturated rings. The third kappa shape index (κ3) is 4.07. The van der Waals surface area contributed by atoms with E-state index in [1.54, 1.807) is 18.2 Å². The van der Waals surface area contributed by atoms with Crippen LogP contribution in [0.4, 0.5) is 0 Å². The first kappa shape index (κ1) is 21.2. The molecule has 2 aromatic carbocycles. The highest BCUT2D eigenvalue weighted by Crippen LogP contribution is 2.49. The van der Waals surface area contributed by atoms with Crippen molar-refractivity contribution >= 4 is 35.1 Å². The molecule has 158 valence electrons. The van der Waals surface area contributed by atoms with Crippen molar-refractivity contribution in [2.75, 3.05) is 6.54 Å². The van der Waals surface area contributed by atoms with Gasteiger partial charge in [-0.1, -0.05) is 47.5 Å². The maximum absolute atomic E-state index is 13.4. The molecule has 5 nitrogen and oxygen atoms in total. The number of carbonyl (C=O) groups excluding carboxylic acids is 1. The zero-order valence-corrected chi connectivity index (χ0v) is 18.1. The number of halogens is 2. The summed E-state index contributed by atoms with van der Waals surface area (Å²) in [4.78, 5) is 26.7. The van der Waals surface area contributed by atoms with Crippen molar-refractivity contribution in [2.45, 2.75) is 43.9 Å². The molecular weight excluding hydrogens is 425 g/mol. The first-order valence-corrected chi connectivity index (χ1v) is 10.7. The van der Waals surface area contributed by atoms with Crippen molar-refractivity contribution in [1.82, 2.24) is 4.90 Å². The summed E-state index contributed by atoms with van der Waals surface area (Å²) < 4.78 is 6.22. The second-order valence-corrected chi connectivity index (χ2v) is 9.08. The molecule has 1 saturated carbocycles. The van der Waals surface area contributed by atoms with Crippen LogP contribution >= 0.6 is 23.2 Å². The van der Waals surface area contributed by atoms with E-state index in [4.69, 9.17) is 27.9 Å². The third-order valence-corrected chi connectivity index (χ3v) is 6.48. The van der Waals surface area contributed by atoms with Gasteiger partial charge in [0, 0.05) is 16.6 Å². The standard InChI is InChI=1S/C23H23Cl2NO4/c1-23(16-7-9-17(24)10-8-16)21(15-3-2-4-18(25)11-15)30-19(12-20(27)28)22(29)26(23)13-14-5-6-14/h2-4,7-11,14,19,21H,5-6,12-13H2,1H3,(H,27,28)/t19-,21+,23+/m0/s1. The number of rotatable bonds is 6. The van der Waals surface area contributed by atoms with Gasteiger partial charge in [0.15, 0.2) is 0 Å². The highest BCUT2D eigenvalue weighted by atomic mass is 35.5. The molecule has 2 aliphatic rings. The van der Waals surface area contributed by atoms with Crippen molar-refractivity contribution in [3.05, 3.63) is 69.7 Å². The normalized spacial score (nSPS) is 26.6. The van der Waals surface area contributed by atoms with E-state index in [0.29, 0.717) is 22.5 Å². The van der Waals surface area contributed by atoms with E-state index in [0.717, 1.165) is 24.0 Å². The van der Waals surface area contributed by atoms with Gasteiger partial charge in [0.2, 0.25) is 0 Å². The number of benzene rings is 2. The molecule has 0 radical (unpaired) electrons. The molecule has 1 N–H and O–H groups in total. The fraction of sp³-hybridized carbons (Fsp3) is 0.391. The Morgan fingerprint density at radius 3 is 2.47 bits per heavy atom. The molecule has 0 unspecified atom stereocenters. The summed E-state index contributed by atoms with van der Waals surface area (Å²) in [6.45, 7) is 2.54. The molecule has 1 heterocycles. The van der Waals surface area contributed by atoms with Gasteiger partial charge in [-0.15, -0.1) is 0 Å². The topological polar surface area (TPSA) is 66.8 Å². The van der Waals surface area contributed by atoms with Crippen LogP contribution in [0.25, 0.3) is 0 Å². The summed E-state index contributed by atoms with van der Waals surface area (Å²) in [6.07, 6.45) is 0.108. The largest absolute Gasteiger partial charge is 0.481 e. The Morgan fingerprint density at radius 2 is 1.87 bits per heavy atom. The number of amides is 1. The fourth-order valence-corrected chi connectivity index (χ4v) is 4.52.